The number of likely N-dealkylation sites (tertiary alicyclic amines) is 1. The Kier molecular flexibility index (Phi) is 6.21. The summed E-state index contributed by atoms with van der Waals surface area (Å²) in [6.45, 7) is 3.40. The Morgan fingerprint density at radius 2 is 1.84 bits per heavy atom. The molecule has 32 heavy (non-hydrogen) atoms. The zero-order chi connectivity index (χ0) is 22.9. The highest BCUT2D eigenvalue weighted by Gasteiger charge is 2.31. The van der Waals surface area contributed by atoms with E-state index in [0.29, 0.717) is 24.5 Å². The van der Waals surface area contributed by atoms with Gasteiger partial charge in [0.25, 0.3) is 0 Å². The molecule has 0 radical (unpaired) electrons. The molecule has 0 aliphatic carbocycles. The SMILES string of the molecule is CC1CCN(C(=O)[C@@H](Cc2ccccc2)NS(=O)(=O)c2ccc3c(c2)oc(=O)n3C)CC1. The number of aromatic nitrogens is 1. The lowest BCUT2D eigenvalue weighted by atomic mass is 9.98. The molecule has 9 heteroatoms. The van der Waals surface area contributed by atoms with Crippen LogP contribution in [0.5, 0.6) is 0 Å². The van der Waals surface area contributed by atoms with Crippen LogP contribution in [0.15, 0.2) is 62.6 Å². The van der Waals surface area contributed by atoms with Crippen molar-refractivity contribution in [1.29, 1.82) is 0 Å². The van der Waals surface area contributed by atoms with Gasteiger partial charge < -0.3 is 9.32 Å². The molecule has 1 N–H and O–H groups in total. The van der Waals surface area contributed by atoms with Crippen LogP contribution in [-0.2, 0) is 28.3 Å². The molecule has 3 aromatic rings. The maximum Gasteiger partial charge on any atom is 0.419 e. The lowest BCUT2D eigenvalue weighted by Crippen LogP contribution is -2.51. The highest BCUT2D eigenvalue weighted by atomic mass is 32.2. The predicted molar refractivity (Wildman–Crippen MR) is 121 cm³/mol. The van der Waals surface area contributed by atoms with Gasteiger partial charge in [-0.15, -0.1) is 0 Å². The van der Waals surface area contributed by atoms with E-state index in [0.717, 1.165) is 18.4 Å². The van der Waals surface area contributed by atoms with Crippen LogP contribution >= 0.6 is 0 Å². The third-order valence-electron chi connectivity index (χ3n) is 6.05. The molecule has 1 atom stereocenters. The molecule has 8 nitrogen and oxygen atoms in total. The van der Waals surface area contributed by atoms with Crippen molar-refractivity contribution in [3.8, 4) is 0 Å². The fraction of sp³-hybridized carbons (Fsp3) is 0.391. The van der Waals surface area contributed by atoms with Crippen molar-refractivity contribution in [2.24, 2.45) is 13.0 Å². The number of hydrogen-bond acceptors (Lipinski definition) is 5. The molecule has 1 amide bonds. The summed E-state index contributed by atoms with van der Waals surface area (Å²) >= 11 is 0. The third kappa shape index (κ3) is 4.63. The molecular weight excluding hydrogens is 430 g/mol. The summed E-state index contributed by atoms with van der Waals surface area (Å²) in [5, 5.41) is 0. The molecule has 1 saturated heterocycles. The standard InChI is InChI=1S/C23H27N3O5S/c1-16-10-12-26(13-11-16)22(27)19(14-17-6-4-3-5-7-17)24-32(29,30)18-8-9-20-21(15-18)31-23(28)25(20)2/h3-9,15-16,19,24H,10-14H2,1-2H3/t19-/m1/s1. The van der Waals surface area contributed by atoms with E-state index in [1.54, 1.807) is 11.9 Å². The van der Waals surface area contributed by atoms with Gasteiger partial charge in [0, 0.05) is 26.2 Å². The highest BCUT2D eigenvalue weighted by Crippen LogP contribution is 2.21. The Morgan fingerprint density at radius 1 is 1.16 bits per heavy atom. The van der Waals surface area contributed by atoms with Gasteiger partial charge in [-0.05, 0) is 42.9 Å². The Morgan fingerprint density at radius 3 is 2.53 bits per heavy atom. The van der Waals surface area contributed by atoms with E-state index in [4.69, 9.17) is 4.42 Å². The number of hydrogen-bond donors (Lipinski definition) is 1. The second-order valence-electron chi connectivity index (χ2n) is 8.43. The molecule has 2 heterocycles. The number of aryl methyl sites for hydroxylation is 1. The van der Waals surface area contributed by atoms with Crippen molar-refractivity contribution in [2.75, 3.05) is 13.1 Å². The van der Waals surface area contributed by atoms with Crippen molar-refractivity contribution in [1.82, 2.24) is 14.2 Å². The molecular formula is C23H27N3O5S. The predicted octanol–water partition coefficient (Wildman–Crippen LogP) is 2.28. The van der Waals surface area contributed by atoms with Crippen LogP contribution in [0.3, 0.4) is 0 Å². The summed E-state index contributed by atoms with van der Waals surface area (Å²) in [5.74, 6) is -0.244. The zero-order valence-corrected chi connectivity index (χ0v) is 19.0. The number of piperidine rings is 1. The number of sulfonamides is 1. The number of oxazole rings is 1. The molecule has 170 valence electrons. The first-order chi connectivity index (χ1) is 15.2. The maximum atomic E-state index is 13.3. The van der Waals surface area contributed by atoms with E-state index in [9.17, 15) is 18.0 Å². The number of amides is 1. The minimum atomic E-state index is -4.04. The molecule has 1 aliphatic heterocycles. The number of nitrogens with zero attached hydrogens (tertiary/aromatic N) is 2. The second-order valence-corrected chi connectivity index (χ2v) is 10.1. The van der Waals surface area contributed by atoms with Crippen molar-refractivity contribution in [2.45, 2.75) is 37.1 Å². The summed E-state index contributed by atoms with van der Waals surface area (Å²) in [7, 11) is -2.49. The molecule has 0 spiro atoms. The van der Waals surface area contributed by atoms with E-state index in [1.165, 1.54) is 22.8 Å². The summed E-state index contributed by atoms with van der Waals surface area (Å²) in [5.41, 5.74) is 1.54. The Bertz CT molecular complexity index is 1270. The van der Waals surface area contributed by atoms with Gasteiger partial charge >= 0.3 is 5.76 Å². The van der Waals surface area contributed by atoms with Crippen molar-refractivity contribution in [3.05, 3.63) is 64.6 Å². The molecule has 2 aromatic carbocycles. The minimum Gasteiger partial charge on any atom is -0.408 e. The van der Waals surface area contributed by atoms with Crippen molar-refractivity contribution in [3.63, 3.8) is 0 Å². The summed E-state index contributed by atoms with van der Waals surface area (Å²) in [4.78, 5) is 26.8. The number of carbonyl (C=O) groups is 1. The quantitative estimate of drug-likeness (QED) is 0.612. The summed E-state index contributed by atoms with van der Waals surface area (Å²) < 4.78 is 35.4. The fourth-order valence-corrected chi connectivity index (χ4v) is 5.22. The van der Waals surface area contributed by atoms with Gasteiger partial charge in [0.15, 0.2) is 5.58 Å². The molecule has 0 unspecified atom stereocenters. The van der Waals surface area contributed by atoms with Gasteiger partial charge in [0.1, 0.15) is 6.04 Å². The highest BCUT2D eigenvalue weighted by molar-refractivity contribution is 7.89. The normalized spacial score (nSPS) is 16.4. The zero-order valence-electron chi connectivity index (χ0n) is 18.2. The Balaban J connectivity index is 1.63. The van der Waals surface area contributed by atoms with Crippen LogP contribution in [0.2, 0.25) is 0 Å². The molecule has 0 bridgehead atoms. The molecule has 1 aromatic heterocycles. The van der Waals surface area contributed by atoms with E-state index in [2.05, 4.69) is 11.6 Å². The summed E-state index contributed by atoms with van der Waals surface area (Å²) in [6, 6.07) is 12.6. The van der Waals surface area contributed by atoms with Crippen LogP contribution in [-0.4, -0.2) is 42.9 Å². The van der Waals surface area contributed by atoms with Gasteiger partial charge in [0.2, 0.25) is 15.9 Å². The lowest BCUT2D eigenvalue weighted by Gasteiger charge is -2.33. The van der Waals surface area contributed by atoms with E-state index in [1.807, 2.05) is 30.3 Å². The van der Waals surface area contributed by atoms with E-state index in [-0.39, 0.29) is 22.8 Å². The van der Waals surface area contributed by atoms with Gasteiger partial charge in [-0.2, -0.15) is 4.72 Å². The fourth-order valence-electron chi connectivity index (χ4n) is 4.02. The van der Waals surface area contributed by atoms with Gasteiger partial charge in [0.05, 0.1) is 10.4 Å². The number of fused-ring (bicyclic) bond motifs is 1. The van der Waals surface area contributed by atoms with Crippen LogP contribution in [0.25, 0.3) is 11.1 Å². The van der Waals surface area contributed by atoms with Gasteiger partial charge in [-0.25, -0.2) is 13.2 Å². The van der Waals surface area contributed by atoms with Crippen LogP contribution < -0.4 is 10.5 Å². The van der Waals surface area contributed by atoms with E-state index < -0.39 is 21.8 Å². The van der Waals surface area contributed by atoms with Crippen molar-refractivity contribution < 1.29 is 17.6 Å². The second kappa shape index (κ2) is 8.91. The smallest absolute Gasteiger partial charge is 0.408 e. The average Bonchev–Trinajstić information content (AvgIpc) is 3.07. The third-order valence-corrected chi connectivity index (χ3v) is 7.52. The van der Waals surface area contributed by atoms with Gasteiger partial charge in [-0.3, -0.25) is 9.36 Å². The van der Waals surface area contributed by atoms with Gasteiger partial charge in [-0.1, -0.05) is 37.3 Å². The maximum absolute atomic E-state index is 13.3. The Hall–Kier alpha value is -2.91. The van der Waals surface area contributed by atoms with Crippen LogP contribution in [0, 0.1) is 5.92 Å². The molecule has 0 saturated carbocycles. The Labute approximate surface area is 186 Å². The lowest BCUT2D eigenvalue weighted by molar-refractivity contribution is -0.134. The molecule has 1 aliphatic rings. The topological polar surface area (TPSA) is 102 Å². The minimum absolute atomic E-state index is 0.0579. The molecule has 1 fully saturated rings. The number of rotatable bonds is 6. The number of nitrogens with one attached hydrogen (secondary N) is 1. The largest absolute Gasteiger partial charge is 0.419 e. The first-order valence-electron chi connectivity index (χ1n) is 10.7. The monoisotopic (exact) mass is 457 g/mol. The first-order valence-corrected chi connectivity index (χ1v) is 12.2. The van der Waals surface area contributed by atoms with Crippen LogP contribution in [0.1, 0.15) is 25.3 Å². The average molecular weight is 458 g/mol. The van der Waals surface area contributed by atoms with E-state index >= 15 is 0 Å². The number of carbonyl (C=O) groups excluding carboxylic acids is 1. The first kappa shape index (κ1) is 22.3. The summed E-state index contributed by atoms with van der Waals surface area (Å²) in [6.07, 6.45) is 2.05. The van der Waals surface area contributed by atoms with Crippen LogP contribution in [0.4, 0.5) is 0 Å². The van der Waals surface area contributed by atoms with Crippen molar-refractivity contribution >= 4 is 27.0 Å². The number of benzene rings is 2. The molecule has 4 rings (SSSR count).